The van der Waals surface area contributed by atoms with Crippen LogP contribution in [0.2, 0.25) is 0 Å². The highest BCUT2D eigenvalue weighted by Crippen LogP contribution is 2.36. The second-order valence-corrected chi connectivity index (χ2v) is 6.30. The number of fused-ring (bicyclic) bond motifs is 2. The quantitative estimate of drug-likeness (QED) is 0.826. The molecule has 2 fully saturated rings. The summed E-state index contributed by atoms with van der Waals surface area (Å²) in [5.74, 6) is 1.80. The molecule has 3 heteroatoms. The fourth-order valence-corrected chi connectivity index (χ4v) is 4.09. The van der Waals surface area contributed by atoms with Gasteiger partial charge in [0, 0.05) is 6.04 Å². The molecule has 0 spiro atoms. The number of hydrogen-bond acceptors (Lipinski definition) is 3. The Labute approximate surface area is 120 Å². The lowest BCUT2D eigenvalue weighted by Gasteiger charge is -2.43. The summed E-state index contributed by atoms with van der Waals surface area (Å²) >= 11 is 0. The second kappa shape index (κ2) is 5.21. The van der Waals surface area contributed by atoms with E-state index in [-0.39, 0.29) is 0 Å². The van der Waals surface area contributed by atoms with E-state index in [0.717, 1.165) is 35.5 Å². The van der Waals surface area contributed by atoms with Gasteiger partial charge < -0.3 is 4.42 Å². The standard InChI is InChI=1S/C17H22N2O/c1-3-9-15-13(6-1)7-5-11-19(15)12-17-18-14-8-2-4-10-16(14)20-17/h2,4,8,10,13,15H,1,3,5-7,9,11-12H2/t13-,15+/m0/s1. The zero-order valence-corrected chi connectivity index (χ0v) is 11.9. The highest BCUT2D eigenvalue weighted by atomic mass is 16.3. The van der Waals surface area contributed by atoms with E-state index >= 15 is 0 Å². The smallest absolute Gasteiger partial charge is 0.209 e. The fourth-order valence-electron chi connectivity index (χ4n) is 4.09. The Balaban J connectivity index is 1.54. The van der Waals surface area contributed by atoms with E-state index in [4.69, 9.17) is 4.42 Å². The summed E-state index contributed by atoms with van der Waals surface area (Å²) in [6, 6.07) is 8.84. The monoisotopic (exact) mass is 270 g/mol. The topological polar surface area (TPSA) is 29.3 Å². The first-order valence-corrected chi connectivity index (χ1v) is 7.99. The number of piperidine rings is 1. The Morgan fingerprint density at radius 2 is 1.95 bits per heavy atom. The Morgan fingerprint density at radius 3 is 2.90 bits per heavy atom. The molecule has 0 unspecified atom stereocenters. The molecule has 1 aliphatic heterocycles. The SMILES string of the molecule is c1ccc2oc(CN3CCC[C@@H]4CCCC[C@H]43)nc2c1. The highest BCUT2D eigenvalue weighted by Gasteiger charge is 2.33. The Hall–Kier alpha value is -1.35. The van der Waals surface area contributed by atoms with Crippen molar-refractivity contribution in [2.24, 2.45) is 5.92 Å². The molecule has 4 rings (SSSR count). The molecule has 106 valence electrons. The van der Waals surface area contributed by atoms with Crippen molar-refractivity contribution >= 4 is 11.1 Å². The van der Waals surface area contributed by atoms with Crippen molar-refractivity contribution < 1.29 is 4.42 Å². The number of oxazole rings is 1. The minimum absolute atomic E-state index is 0.771. The second-order valence-electron chi connectivity index (χ2n) is 6.30. The van der Waals surface area contributed by atoms with Crippen LogP contribution in [0, 0.1) is 5.92 Å². The maximum atomic E-state index is 5.90. The third kappa shape index (κ3) is 2.24. The van der Waals surface area contributed by atoms with Gasteiger partial charge >= 0.3 is 0 Å². The predicted octanol–water partition coefficient (Wildman–Crippen LogP) is 3.98. The van der Waals surface area contributed by atoms with Crippen LogP contribution in [-0.2, 0) is 6.54 Å². The van der Waals surface area contributed by atoms with Gasteiger partial charge in [-0.15, -0.1) is 0 Å². The molecule has 1 aromatic heterocycles. The molecule has 0 radical (unpaired) electrons. The molecule has 2 aromatic rings. The van der Waals surface area contributed by atoms with E-state index in [2.05, 4.69) is 9.88 Å². The summed E-state index contributed by atoms with van der Waals surface area (Å²) in [4.78, 5) is 7.26. The van der Waals surface area contributed by atoms with Crippen LogP contribution < -0.4 is 0 Å². The van der Waals surface area contributed by atoms with Crippen LogP contribution >= 0.6 is 0 Å². The molecular formula is C17H22N2O. The molecule has 2 aliphatic rings. The molecule has 3 nitrogen and oxygen atoms in total. The average Bonchev–Trinajstić information content (AvgIpc) is 2.90. The zero-order chi connectivity index (χ0) is 13.4. The van der Waals surface area contributed by atoms with Crippen LogP contribution in [0.5, 0.6) is 0 Å². The van der Waals surface area contributed by atoms with Crippen molar-refractivity contribution in [3.05, 3.63) is 30.2 Å². The molecule has 1 saturated carbocycles. The van der Waals surface area contributed by atoms with Crippen LogP contribution in [-0.4, -0.2) is 22.5 Å². The van der Waals surface area contributed by atoms with Crippen molar-refractivity contribution in [2.45, 2.75) is 51.1 Å². The van der Waals surface area contributed by atoms with Crippen molar-refractivity contribution in [1.82, 2.24) is 9.88 Å². The van der Waals surface area contributed by atoms with Crippen LogP contribution in [0.4, 0.5) is 0 Å². The molecular weight excluding hydrogens is 248 g/mol. The maximum absolute atomic E-state index is 5.90. The third-order valence-corrected chi connectivity index (χ3v) is 5.03. The van der Waals surface area contributed by atoms with Gasteiger partial charge in [0.2, 0.25) is 5.89 Å². The van der Waals surface area contributed by atoms with Crippen molar-refractivity contribution in [3.8, 4) is 0 Å². The summed E-state index contributed by atoms with van der Waals surface area (Å²) in [5, 5.41) is 0. The predicted molar refractivity (Wildman–Crippen MR) is 79.4 cm³/mol. The highest BCUT2D eigenvalue weighted by molar-refractivity contribution is 5.72. The number of benzene rings is 1. The van der Waals surface area contributed by atoms with E-state index in [1.54, 1.807) is 0 Å². The molecule has 0 amide bonds. The number of nitrogens with zero attached hydrogens (tertiary/aromatic N) is 2. The first-order valence-electron chi connectivity index (χ1n) is 7.99. The van der Waals surface area contributed by atoms with Crippen LogP contribution in [0.25, 0.3) is 11.1 Å². The van der Waals surface area contributed by atoms with Crippen LogP contribution in [0.3, 0.4) is 0 Å². The van der Waals surface area contributed by atoms with Gasteiger partial charge in [0.1, 0.15) is 5.52 Å². The van der Waals surface area contributed by atoms with E-state index in [9.17, 15) is 0 Å². The van der Waals surface area contributed by atoms with Gasteiger partial charge in [-0.1, -0.05) is 25.0 Å². The molecule has 2 heterocycles. The molecule has 2 atom stereocenters. The van der Waals surface area contributed by atoms with E-state index in [0.29, 0.717) is 0 Å². The normalized spacial score (nSPS) is 27.6. The Bertz CT molecular complexity index is 556. The van der Waals surface area contributed by atoms with Gasteiger partial charge in [0.05, 0.1) is 6.54 Å². The van der Waals surface area contributed by atoms with Gasteiger partial charge in [-0.25, -0.2) is 4.98 Å². The van der Waals surface area contributed by atoms with E-state index in [1.807, 2.05) is 24.3 Å². The molecule has 20 heavy (non-hydrogen) atoms. The van der Waals surface area contributed by atoms with Gasteiger partial charge in [-0.3, -0.25) is 4.90 Å². The van der Waals surface area contributed by atoms with Crippen LogP contribution in [0.1, 0.15) is 44.4 Å². The lowest BCUT2D eigenvalue weighted by atomic mass is 9.78. The number of para-hydroxylation sites is 2. The summed E-state index contributed by atoms with van der Waals surface area (Å²) < 4.78 is 5.90. The molecule has 0 N–H and O–H groups in total. The van der Waals surface area contributed by atoms with Crippen molar-refractivity contribution in [1.29, 1.82) is 0 Å². The summed E-state index contributed by atoms with van der Waals surface area (Å²) in [7, 11) is 0. The van der Waals surface area contributed by atoms with Crippen molar-refractivity contribution in [2.75, 3.05) is 6.54 Å². The molecule has 1 aliphatic carbocycles. The van der Waals surface area contributed by atoms with Crippen molar-refractivity contribution in [3.63, 3.8) is 0 Å². The van der Waals surface area contributed by atoms with Gasteiger partial charge in [-0.05, 0) is 50.3 Å². The average molecular weight is 270 g/mol. The summed E-state index contributed by atoms with van der Waals surface area (Å²) in [6.45, 7) is 2.09. The third-order valence-electron chi connectivity index (χ3n) is 5.03. The number of rotatable bonds is 2. The Kier molecular flexibility index (Phi) is 3.23. The number of likely N-dealkylation sites (tertiary alicyclic amines) is 1. The number of hydrogen-bond donors (Lipinski definition) is 0. The minimum atomic E-state index is 0.771. The number of aromatic nitrogens is 1. The minimum Gasteiger partial charge on any atom is -0.439 e. The van der Waals surface area contributed by atoms with Crippen LogP contribution in [0.15, 0.2) is 28.7 Å². The largest absolute Gasteiger partial charge is 0.439 e. The lowest BCUT2D eigenvalue weighted by Crippen LogP contribution is -2.46. The first-order chi connectivity index (χ1) is 9.90. The lowest BCUT2D eigenvalue weighted by molar-refractivity contribution is 0.0486. The van der Waals surface area contributed by atoms with Gasteiger partial charge in [-0.2, -0.15) is 0 Å². The first kappa shape index (κ1) is 12.4. The molecule has 1 aromatic carbocycles. The van der Waals surface area contributed by atoms with Gasteiger partial charge in [0.25, 0.3) is 0 Å². The zero-order valence-electron chi connectivity index (χ0n) is 11.9. The van der Waals surface area contributed by atoms with E-state index in [1.165, 1.54) is 45.1 Å². The van der Waals surface area contributed by atoms with Gasteiger partial charge in [0.15, 0.2) is 5.58 Å². The molecule has 0 bridgehead atoms. The maximum Gasteiger partial charge on any atom is 0.209 e. The van der Waals surface area contributed by atoms with E-state index < -0.39 is 0 Å². The molecule has 1 saturated heterocycles. The fraction of sp³-hybridized carbons (Fsp3) is 0.588. The summed E-state index contributed by atoms with van der Waals surface area (Å²) in [5.41, 5.74) is 1.90. The Morgan fingerprint density at radius 1 is 1.10 bits per heavy atom. The summed E-state index contributed by atoms with van der Waals surface area (Å²) in [6.07, 6.45) is 8.37.